The van der Waals surface area contributed by atoms with Crippen LogP contribution in [0.1, 0.15) is 34.6 Å². The third kappa shape index (κ3) is 5.97. The van der Waals surface area contributed by atoms with Crippen molar-refractivity contribution in [3.63, 3.8) is 0 Å². The minimum absolute atomic E-state index is 0.0279. The van der Waals surface area contributed by atoms with Crippen LogP contribution < -0.4 is 10.2 Å². The van der Waals surface area contributed by atoms with E-state index in [1.165, 1.54) is 41.6 Å². The minimum Gasteiger partial charge on any atom is -0.481 e. The Labute approximate surface area is 183 Å². The average Bonchev–Trinajstić information content (AvgIpc) is 2.69. The van der Waals surface area contributed by atoms with Crippen LogP contribution in [0.25, 0.3) is 0 Å². The molecule has 10 heteroatoms. The highest BCUT2D eigenvalue weighted by Crippen LogP contribution is 2.27. The van der Waals surface area contributed by atoms with Gasteiger partial charge >= 0.3 is 0 Å². The van der Waals surface area contributed by atoms with Gasteiger partial charge in [0, 0.05) is 25.4 Å². The predicted octanol–water partition coefficient (Wildman–Crippen LogP) is 1.23. The molecule has 9 nitrogen and oxygen atoms in total. The first kappa shape index (κ1) is 24.7. The molecule has 2 unspecified atom stereocenters. The number of rotatable bonds is 5. The first-order valence-electron chi connectivity index (χ1n) is 9.84. The second-order valence-corrected chi connectivity index (χ2v) is 10.2. The summed E-state index contributed by atoms with van der Waals surface area (Å²) in [6, 6.07) is 3.79. The van der Waals surface area contributed by atoms with Gasteiger partial charge in [-0.1, -0.05) is 11.8 Å². The first-order valence-corrected chi connectivity index (χ1v) is 11.3. The lowest BCUT2D eigenvalue weighted by atomic mass is 9.98. The van der Waals surface area contributed by atoms with Gasteiger partial charge in [0.25, 0.3) is 5.91 Å². The van der Waals surface area contributed by atoms with E-state index in [9.17, 15) is 18.0 Å². The second kappa shape index (κ2) is 9.68. The average molecular weight is 452 g/mol. The van der Waals surface area contributed by atoms with Gasteiger partial charge in [0.1, 0.15) is 18.4 Å². The van der Waals surface area contributed by atoms with Crippen molar-refractivity contribution in [1.82, 2.24) is 14.7 Å². The molecule has 1 heterocycles. The summed E-state index contributed by atoms with van der Waals surface area (Å²) < 4.78 is 33.0. The lowest BCUT2D eigenvalue weighted by Gasteiger charge is -2.43. The number of benzene rings is 1. The van der Waals surface area contributed by atoms with Crippen molar-refractivity contribution in [1.29, 1.82) is 0 Å². The molecule has 0 saturated carbocycles. The maximum Gasteiger partial charge on any atom is 0.263 e. The molecule has 0 radical (unpaired) electrons. The number of ether oxygens (including phenoxy) is 1. The van der Waals surface area contributed by atoms with E-state index in [4.69, 9.17) is 9.94 Å². The zero-order valence-electron chi connectivity index (χ0n) is 18.4. The van der Waals surface area contributed by atoms with Gasteiger partial charge in [0.2, 0.25) is 15.9 Å². The number of hydrogen-bond acceptors (Lipinski definition) is 6. The third-order valence-corrected chi connectivity index (χ3v) is 6.70. The number of hydrogen-bond donors (Lipinski definition) is 2. The van der Waals surface area contributed by atoms with Crippen LogP contribution in [0.4, 0.5) is 0 Å². The molecule has 1 fully saturated rings. The maximum atomic E-state index is 13.2. The fourth-order valence-electron chi connectivity index (χ4n) is 3.35. The van der Waals surface area contributed by atoms with Crippen molar-refractivity contribution < 1.29 is 28.0 Å². The Balaban J connectivity index is 2.23. The van der Waals surface area contributed by atoms with E-state index in [2.05, 4.69) is 11.8 Å². The smallest absolute Gasteiger partial charge is 0.263 e. The monoisotopic (exact) mass is 451 g/mol. The lowest BCUT2D eigenvalue weighted by Crippen LogP contribution is -2.65. The zero-order valence-corrected chi connectivity index (χ0v) is 19.2. The molecule has 170 valence electrons. The van der Waals surface area contributed by atoms with E-state index < -0.39 is 28.0 Å². The van der Waals surface area contributed by atoms with E-state index in [-0.39, 0.29) is 35.9 Å². The van der Waals surface area contributed by atoms with E-state index in [1.54, 1.807) is 6.92 Å². The van der Waals surface area contributed by atoms with Gasteiger partial charge in [-0.25, -0.2) is 13.9 Å². The van der Waals surface area contributed by atoms with Crippen LogP contribution in [0.3, 0.4) is 0 Å². The van der Waals surface area contributed by atoms with Crippen molar-refractivity contribution in [2.75, 3.05) is 19.7 Å². The second-order valence-electron chi connectivity index (χ2n) is 8.30. The number of piperazine rings is 1. The van der Waals surface area contributed by atoms with E-state index in [0.717, 1.165) is 4.31 Å². The molecule has 0 spiro atoms. The Morgan fingerprint density at radius 2 is 1.84 bits per heavy atom. The minimum atomic E-state index is -4.07. The van der Waals surface area contributed by atoms with Crippen LogP contribution in [0.2, 0.25) is 0 Å². The molecule has 1 aromatic carbocycles. The Morgan fingerprint density at radius 3 is 2.35 bits per heavy atom. The topological polar surface area (TPSA) is 116 Å². The number of sulfonamides is 1. The van der Waals surface area contributed by atoms with Gasteiger partial charge in [-0.05, 0) is 52.0 Å². The SMILES string of the molecule is CC(=O)N1CCN(S(=O)(=O)c2ccc(OCC#CC(C)(C)C)cc2)C(C(=O)NO)C1C. The molecular weight excluding hydrogens is 422 g/mol. The van der Waals surface area contributed by atoms with Crippen LogP contribution in [0, 0.1) is 17.3 Å². The molecule has 0 bridgehead atoms. The highest BCUT2D eigenvalue weighted by molar-refractivity contribution is 7.89. The van der Waals surface area contributed by atoms with Crippen molar-refractivity contribution in [3.8, 4) is 17.6 Å². The summed E-state index contributed by atoms with van der Waals surface area (Å²) >= 11 is 0. The van der Waals surface area contributed by atoms with Gasteiger partial charge in [-0.3, -0.25) is 14.8 Å². The summed E-state index contributed by atoms with van der Waals surface area (Å²) in [5, 5.41) is 9.12. The van der Waals surface area contributed by atoms with Crippen LogP contribution >= 0.6 is 0 Å². The number of nitrogens with one attached hydrogen (secondary N) is 1. The van der Waals surface area contributed by atoms with Crippen LogP contribution in [0.15, 0.2) is 29.2 Å². The first-order chi connectivity index (χ1) is 14.4. The Bertz CT molecular complexity index is 973. The largest absolute Gasteiger partial charge is 0.481 e. The molecule has 1 saturated heterocycles. The molecule has 2 atom stereocenters. The molecule has 1 aromatic rings. The number of hydroxylamine groups is 1. The number of amides is 2. The quantitative estimate of drug-likeness (QED) is 0.395. The fourth-order valence-corrected chi connectivity index (χ4v) is 5.00. The van der Waals surface area contributed by atoms with E-state index in [0.29, 0.717) is 5.75 Å². The standard InChI is InChI=1S/C21H29N3O6S/c1-15-19(20(26)22-27)24(13-12-23(15)16(2)25)31(28,29)18-9-7-17(8-10-18)30-14-6-11-21(3,4)5/h7-10,15,19,27H,12-14H2,1-5H3,(H,22,26). The highest BCUT2D eigenvalue weighted by atomic mass is 32.2. The Hall–Kier alpha value is -2.61. The molecule has 1 aliphatic rings. The summed E-state index contributed by atoms with van der Waals surface area (Å²) in [7, 11) is -4.07. The number of carbonyl (C=O) groups is 2. The fraction of sp³-hybridized carbons (Fsp3) is 0.524. The summed E-state index contributed by atoms with van der Waals surface area (Å²) in [6.45, 7) is 9.11. The van der Waals surface area contributed by atoms with E-state index in [1.807, 2.05) is 20.8 Å². The van der Waals surface area contributed by atoms with Crippen molar-refractivity contribution in [2.45, 2.75) is 51.6 Å². The summed E-state index contributed by atoms with van der Waals surface area (Å²) in [5.74, 6) is 5.23. The molecule has 31 heavy (non-hydrogen) atoms. The van der Waals surface area contributed by atoms with Gasteiger partial charge in [0.05, 0.1) is 10.9 Å². The molecule has 2 rings (SSSR count). The van der Waals surface area contributed by atoms with Gasteiger partial charge in [-0.2, -0.15) is 4.31 Å². The van der Waals surface area contributed by atoms with Crippen LogP contribution in [-0.2, 0) is 19.6 Å². The summed E-state index contributed by atoms with van der Waals surface area (Å²) in [4.78, 5) is 25.5. The zero-order chi connectivity index (χ0) is 23.4. The molecular formula is C21H29N3O6S. The van der Waals surface area contributed by atoms with Gasteiger partial charge < -0.3 is 9.64 Å². The molecule has 1 aliphatic heterocycles. The predicted molar refractivity (Wildman–Crippen MR) is 114 cm³/mol. The normalized spacial score (nSPS) is 19.9. The van der Waals surface area contributed by atoms with Crippen molar-refractivity contribution >= 4 is 21.8 Å². The van der Waals surface area contributed by atoms with Gasteiger partial charge in [0.15, 0.2) is 0 Å². The maximum absolute atomic E-state index is 13.2. The van der Waals surface area contributed by atoms with Crippen molar-refractivity contribution in [3.05, 3.63) is 24.3 Å². The Morgan fingerprint density at radius 1 is 1.23 bits per heavy atom. The molecule has 0 aliphatic carbocycles. The van der Waals surface area contributed by atoms with Crippen molar-refractivity contribution in [2.24, 2.45) is 5.41 Å². The van der Waals surface area contributed by atoms with Crippen LogP contribution in [-0.4, -0.2) is 66.4 Å². The summed E-state index contributed by atoms with van der Waals surface area (Å²) in [6.07, 6.45) is 0. The highest BCUT2D eigenvalue weighted by Gasteiger charge is 2.45. The molecule has 2 amide bonds. The summed E-state index contributed by atoms with van der Waals surface area (Å²) in [5.41, 5.74) is 1.37. The number of carbonyl (C=O) groups excluding carboxylic acids is 2. The third-order valence-electron chi connectivity index (χ3n) is 4.81. The Kier molecular flexibility index (Phi) is 7.70. The van der Waals surface area contributed by atoms with E-state index >= 15 is 0 Å². The van der Waals surface area contributed by atoms with Crippen LogP contribution in [0.5, 0.6) is 5.75 Å². The van der Waals surface area contributed by atoms with Gasteiger partial charge in [-0.15, -0.1) is 0 Å². The molecule has 0 aromatic heterocycles. The molecule has 2 N–H and O–H groups in total. The lowest BCUT2D eigenvalue weighted by molar-refractivity contribution is -0.142. The number of nitrogens with zero attached hydrogens (tertiary/aromatic N) is 2.